The number of aromatic nitrogens is 1. The fourth-order valence-electron chi connectivity index (χ4n) is 5.66. The van der Waals surface area contributed by atoms with Crippen LogP contribution in [0.15, 0.2) is 72.2 Å². The topological polar surface area (TPSA) is 103 Å². The summed E-state index contributed by atoms with van der Waals surface area (Å²) >= 11 is 7.61. The lowest BCUT2D eigenvalue weighted by atomic mass is 10.0. The number of nitrogens with zero attached hydrogens (tertiary/aromatic N) is 3. The number of nitrogens with one attached hydrogen (secondary N) is 1. The summed E-state index contributed by atoms with van der Waals surface area (Å²) in [6, 6.07) is 18.2. The maximum absolute atomic E-state index is 13.9. The first-order valence-corrected chi connectivity index (χ1v) is 16.4. The van der Waals surface area contributed by atoms with Crippen LogP contribution in [0.25, 0.3) is 10.9 Å². The smallest absolute Gasteiger partial charge is 0.325 e. The van der Waals surface area contributed by atoms with Crippen molar-refractivity contribution in [1.29, 1.82) is 0 Å². The van der Waals surface area contributed by atoms with Gasteiger partial charge in [0.15, 0.2) is 0 Å². The molecule has 3 amide bonds. The van der Waals surface area contributed by atoms with E-state index in [0.717, 1.165) is 26.9 Å². The minimum absolute atomic E-state index is 0.0470. The van der Waals surface area contributed by atoms with Crippen LogP contribution in [-0.2, 0) is 43.2 Å². The van der Waals surface area contributed by atoms with Gasteiger partial charge in [-0.2, -0.15) is 0 Å². The molecule has 2 aromatic heterocycles. The third-order valence-corrected chi connectivity index (χ3v) is 9.24. The van der Waals surface area contributed by atoms with Crippen molar-refractivity contribution in [1.82, 2.24) is 19.7 Å². The number of thiophene rings is 1. The minimum Gasteiger partial charge on any atom is -0.465 e. The molecule has 1 saturated heterocycles. The number of para-hydroxylation sites is 1. The zero-order valence-corrected chi connectivity index (χ0v) is 26.8. The van der Waals surface area contributed by atoms with E-state index in [-0.39, 0.29) is 50.4 Å². The van der Waals surface area contributed by atoms with E-state index in [1.807, 2.05) is 60.1 Å². The average molecular weight is 649 g/mol. The fourth-order valence-corrected chi connectivity index (χ4v) is 6.48. The Hall–Kier alpha value is -4.15. The molecule has 1 fully saturated rings. The second-order valence-corrected chi connectivity index (χ2v) is 12.5. The number of rotatable bonds is 14. The molecule has 1 atom stereocenters. The van der Waals surface area contributed by atoms with Crippen LogP contribution in [0.5, 0.6) is 0 Å². The van der Waals surface area contributed by atoms with E-state index < -0.39 is 12.0 Å². The summed E-state index contributed by atoms with van der Waals surface area (Å²) in [5, 5.41) is 3.64. The molecule has 236 valence electrons. The monoisotopic (exact) mass is 648 g/mol. The lowest BCUT2D eigenvalue weighted by Gasteiger charge is -2.40. The van der Waals surface area contributed by atoms with Gasteiger partial charge in [0.1, 0.15) is 12.6 Å². The Bertz CT molecular complexity index is 1620. The van der Waals surface area contributed by atoms with Crippen molar-refractivity contribution in [3.8, 4) is 0 Å². The number of piperazine rings is 1. The molecule has 1 unspecified atom stereocenters. The summed E-state index contributed by atoms with van der Waals surface area (Å²) in [4.78, 5) is 62.8. The van der Waals surface area contributed by atoms with Crippen molar-refractivity contribution >= 4 is 57.5 Å². The quantitative estimate of drug-likeness (QED) is 0.199. The number of benzene rings is 2. The van der Waals surface area contributed by atoms with Crippen molar-refractivity contribution in [3.05, 3.63) is 93.3 Å². The van der Waals surface area contributed by atoms with Gasteiger partial charge in [-0.3, -0.25) is 19.2 Å². The summed E-state index contributed by atoms with van der Waals surface area (Å²) in [6.07, 6.45) is 3.32. The fraction of sp³-hybridized carbons (Fsp3) is 0.353. The Morgan fingerprint density at radius 2 is 1.82 bits per heavy atom. The number of H-pyrrole nitrogens is 1. The summed E-state index contributed by atoms with van der Waals surface area (Å²) in [5.74, 6) is -1.36. The number of carbonyl (C=O) groups excluding carboxylic acids is 4. The van der Waals surface area contributed by atoms with E-state index in [4.69, 9.17) is 16.3 Å². The molecule has 1 N–H and O–H groups in total. The van der Waals surface area contributed by atoms with Crippen molar-refractivity contribution in [2.45, 2.75) is 38.6 Å². The zero-order chi connectivity index (χ0) is 31.8. The molecule has 0 bridgehead atoms. The lowest BCUT2D eigenvalue weighted by molar-refractivity contribution is -0.158. The van der Waals surface area contributed by atoms with E-state index in [9.17, 15) is 19.2 Å². The number of carbonyl (C=O) groups is 4. The van der Waals surface area contributed by atoms with Crippen LogP contribution < -0.4 is 0 Å². The van der Waals surface area contributed by atoms with Gasteiger partial charge in [-0.15, -0.1) is 11.3 Å². The molecule has 4 aromatic rings. The van der Waals surface area contributed by atoms with Gasteiger partial charge < -0.3 is 24.4 Å². The Morgan fingerprint density at radius 3 is 2.58 bits per heavy atom. The van der Waals surface area contributed by atoms with Gasteiger partial charge in [0.25, 0.3) is 0 Å². The molecule has 0 radical (unpaired) electrons. The Morgan fingerprint density at radius 1 is 1.02 bits per heavy atom. The second-order valence-electron chi connectivity index (χ2n) is 11.0. The Labute approximate surface area is 271 Å². The standard InChI is InChI=1S/C34H37ClN4O5S/c1-2-44-33(42)23-37(17-14-25-21-36-29-8-4-3-7-28(25)29)31(40)20-30-34(43)38(16-13-24-9-11-26(35)12-10-24)22-32(41)39(30)18-15-27-6-5-19-45-27/h3-12,19,21,30,36H,2,13-18,20,22-23H2,1H3. The zero-order valence-electron chi connectivity index (χ0n) is 25.2. The van der Waals surface area contributed by atoms with Crippen molar-refractivity contribution in [3.63, 3.8) is 0 Å². The molecule has 1 aliphatic rings. The number of ether oxygens (including phenoxy) is 1. The van der Waals surface area contributed by atoms with Crippen LogP contribution in [0.3, 0.4) is 0 Å². The number of fused-ring (bicyclic) bond motifs is 1. The molecule has 0 aliphatic carbocycles. The van der Waals surface area contributed by atoms with Gasteiger partial charge in [0, 0.05) is 46.6 Å². The first-order valence-electron chi connectivity index (χ1n) is 15.2. The highest BCUT2D eigenvalue weighted by Gasteiger charge is 2.41. The number of aromatic amines is 1. The summed E-state index contributed by atoms with van der Waals surface area (Å²) in [6.45, 7) is 2.53. The van der Waals surface area contributed by atoms with Gasteiger partial charge >= 0.3 is 5.97 Å². The Balaban J connectivity index is 1.34. The largest absolute Gasteiger partial charge is 0.465 e. The molecule has 1 aliphatic heterocycles. The third kappa shape index (κ3) is 8.32. The van der Waals surface area contributed by atoms with E-state index >= 15 is 0 Å². The number of amides is 3. The Kier molecular flexibility index (Phi) is 10.9. The molecule has 2 aromatic carbocycles. The van der Waals surface area contributed by atoms with E-state index in [1.54, 1.807) is 35.3 Å². The van der Waals surface area contributed by atoms with Crippen molar-refractivity contribution in [2.75, 3.05) is 39.3 Å². The molecule has 0 saturated carbocycles. The maximum atomic E-state index is 13.9. The lowest BCUT2D eigenvalue weighted by Crippen LogP contribution is -2.61. The van der Waals surface area contributed by atoms with Crippen LogP contribution in [0.4, 0.5) is 0 Å². The van der Waals surface area contributed by atoms with Gasteiger partial charge in [-0.1, -0.05) is 48.0 Å². The molecule has 0 spiro atoms. The molecule has 45 heavy (non-hydrogen) atoms. The molecule has 5 rings (SSSR count). The normalized spacial score (nSPS) is 15.1. The van der Waals surface area contributed by atoms with Gasteiger partial charge in [-0.25, -0.2) is 0 Å². The van der Waals surface area contributed by atoms with Crippen LogP contribution in [0.1, 0.15) is 29.3 Å². The third-order valence-electron chi connectivity index (χ3n) is 8.05. The highest BCUT2D eigenvalue weighted by Crippen LogP contribution is 2.22. The van der Waals surface area contributed by atoms with Crippen LogP contribution in [0.2, 0.25) is 5.02 Å². The molecular weight excluding hydrogens is 612 g/mol. The van der Waals surface area contributed by atoms with Crippen LogP contribution in [0, 0.1) is 0 Å². The molecule has 11 heteroatoms. The summed E-state index contributed by atoms with van der Waals surface area (Å²) in [7, 11) is 0. The highest BCUT2D eigenvalue weighted by molar-refractivity contribution is 7.09. The SMILES string of the molecule is CCOC(=O)CN(CCc1c[nH]c2ccccc12)C(=O)CC1C(=O)N(CCc2ccc(Cl)cc2)CC(=O)N1CCc1cccs1. The predicted molar refractivity (Wildman–Crippen MR) is 175 cm³/mol. The average Bonchev–Trinajstić information content (AvgIpc) is 3.71. The van der Waals surface area contributed by atoms with Crippen LogP contribution >= 0.6 is 22.9 Å². The van der Waals surface area contributed by atoms with Gasteiger partial charge in [-0.05, 0) is 67.0 Å². The first-order chi connectivity index (χ1) is 21.8. The maximum Gasteiger partial charge on any atom is 0.325 e. The molecular formula is C34H37ClN4O5S. The van der Waals surface area contributed by atoms with Crippen molar-refractivity contribution in [2.24, 2.45) is 0 Å². The second kappa shape index (κ2) is 15.2. The number of halogens is 1. The van der Waals surface area contributed by atoms with Crippen LogP contribution in [-0.4, -0.2) is 88.7 Å². The molecule has 9 nitrogen and oxygen atoms in total. The predicted octanol–water partition coefficient (Wildman–Crippen LogP) is 4.73. The number of esters is 1. The first kappa shape index (κ1) is 32.2. The molecule has 3 heterocycles. The summed E-state index contributed by atoms with van der Waals surface area (Å²) < 4.78 is 5.17. The van der Waals surface area contributed by atoms with Crippen molar-refractivity contribution < 1.29 is 23.9 Å². The minimum atomic E-state index is -0.971. The van der Waals surface area contributed by atoms with E-state index in [1.165, 1.54) is 9.80 Å². The number of hydrogen-bond donors (Lipinski definition) is 1. The van der Waals surface area contributed by atoms with Gasteiger partial charge in [0.2, 0.25) is 17.7 Å². The van der Waals surface area contributed by atoms with E-state index in [2.05, 4.69) is 4.98 Å². The summed E-state index contributed by atoms with van der Waals surface area (Å²) in [5.41, 5.74) is 2.99. The highest BCUT2D eigenvalue weighted by atomic mass is 35.5. The van der Waals surface area contributed by atoms with E-state index in [0.29, 0.717) is 37.4 Å². The number of hydrogen-bond acceptors (Lipinski definition) is 6. The van der Waals surface area contributed by atoms with Gasteiger partial charge in [0.05, 0.1) is 19.6 Å².